The minimum atomic E-state index is 0. The molecule has 0 aromatic rings. The summed E-state index contributed by atoms with van der Waals surface area (Å²) < 4.78 is 5.49. The number of halogens is 1. The summed E-state index contributed by atoms with van der Waals surface area (Å²) in [6.07, 6.45) is 5.06. The summed E-state index contributed by atoms with van der Waals surface area (Å²) in [5.41, 5.74) is 0. The van der Waals surface area contributed by atoms with Crippen molar-refractivity contribution >= 4 is 34.7 Å². The fraction of sp³-hybridized carbons (Fsp3) is 1.00. The summed E-state index contributed by atoms with van der Waals surface area (Å²) in [4.78, 5) is 0. The number of rotatable bonds is 7. The fourth-order valence-electron chi connectivity index (χ4n) is 1.11. The van der Waals surface area contributed by atoms with E-state index in [1.54, 1.807) is 0 Å². The molecule has 72 valence electrons. The van der Waals surface area contributed by atoms with Crippen molar-refractivity contribution in [3.8, 4) is 0 Å². The second-order valence-electron chi connectivity index (χ2n) is 2.67. The molecule has 0 rings (SSSR count). The molecule has 0 N–H and O–H groups in total. The van der Waals surface area contributed by atoms with E-state index in [-0.39, 0.29) is 23.1 Å². The van der Waals surface area contributed by atoms with E-state index in [4.69, 9.17) is 16.3 Å². The van der Waals surface area contributed by atoms with Gasteiger partial charge in [-0.05, 0) is 32.6 Å². The van der Waals surface area contributed by atoms with Gasteiger partial charge in [0.2, 0.25) is 0 Å². The van der Waals surface area contributed by atoms with Crippen molar-refractivity contribution in [3.63, 3.8) is 0 Å². The normalized spacial score (nSPS) is 12.2. The highest BCUT2D eigenvalue weighted by molar-refractivity contribution is 6.17. The van der Waals surface area contributed by atoms with Gasteiger partial charge in [-0.3, -0.25) is 0 Å². The first kappa shape index (κ1) is 15.5. The number of hydrogen-bond acceptors (Lipinski definition) is 1. The minimum Gasteiger partial charge on any atom is -0.379 e. The molecule has 1 atom stereocenters. The number of hydrogen-bond donors (Lipinski definition) is 0. The predicted molar refractivity (Wildman–Crippen MR) is 58.8 cm³/mol. The van der Waals surface area contributed by atoms with Crippen LogP contribution in [0.4, 0.5) is 0 Å². The van der Waals surface area contributed by atoms with Gasteiger partial charge in [0.25, 0.3) is 0 Å². The highest BCUT2D eigenvalue weighted by Gasteiger charge is 2.03. The molecule has 0 aliphatic rings. The molecule has 1 nitrogen and oxygen atoms in total. The van der Waals surface area contributed by atoms with Gasteiger partial charge in [0.1, 0.15) is 0 Å². The predicted octanol–water partition coefficient (Wildman–Crippen LogP) is 2.29. The van der Waals surface area contributed by atoms with Gasteiger partial charge in [-0.2, -0.15) is 0 Å². The van der Waals surface area contributed by atoms with Gasteiger partial charge >= 0.3 is 23.1 Å². The molecule has 0 bridgehead atoms. The van der Waals surface area contributed by atoms with E-state index in [9.17, 15) is 0 Å². The zero-order valence-electron chi connectivity index (χ0n) is 7.61. The number of ether oxygens (including phenoxy) is 1. The van der Waals surface area contributed by atoms with E-state index in [1.165, 1.54) is 6.42 Å². The molecule has 12 heavy (non-hydrogen) atoms. The second kappa shape index (κ2) is 12.0. The smallest absolute Gasteiger partial charge is 0.316 e. The summed E-state index contributed by atoms with van der Waals surface area (Å²) >= 11 is 5.56. The topological polar surface area (TPSA) is 9.23 Å². The van der Waals surface area contributed by atoms with Crippen LogP contribution < -0.4 is 0 Å². The lowest BCUT2D eigenvalue weighted by molar-refractivity contribution is 0.0527. The van der Waals surface area contributed by atoms with E-state index >= 15 is 0 Å². The van der Waals surface area contributed by atoms with Gasteiger partial charge in [-0.15, -0.1) is 11.6 Å². The van der Waals surface area contributed by atoms with Crippen LogP contribution in [0.2, 0.25) is 0 Å². The van der Waals surface area contributed by atoms with Crippen molar-refractivity contribution < 1.29 is 4.74 Å². The Bertz CT molecular complexity index is 80.9. The molecule has 0 spiro atoms. The van der Waals surface area contributed by atoms with Crippen LogP contribution >= 0.6 is 11.6 Å². The molecule has 0 saturated heterocycles. The Balaban J connectivity index is 0. The van der Waals surface area contributed by atoms with Gasteiger partial charge in [-0.1, -0.05) is 6.92 Å². The molecule has 0 radical (unpaired) electrons. The summed E-state index contributed by atoms with van der Waals surface area (Å²) in [6, 6.07) is 0. The van der Waals surface area contributed by atoms with Gasteiger partial charge < -0.3 is 4.74 Å². The van der Waals surface area contributed by atoms with Crippen LogP contribution in [0.25, 0.3) is 0 Å². The maximum Gasteiger partial charge on any atom is 0.316 e. The molecular weight excluding hydrogens is 184 g/mol. The van der Waals surface area contributed by atoms with Crippen LogP contribution in [0.5, 0.6) is 0 Å². The molecule has 0 aliphatic heterocycles. The van der Waals surface area contributed by atoms with Crippen LogP contribution in [-0.2, 0) is 4.74 Å². The van der Waals surface area contributed by atoms with E-state index in [0.717, 1.165) is 31.7 Å². The van der Waals surface area contributed by atoms with Crippen molar-refractivity contribution in [1.82, 2.24) is 0 Å². The lowest BCUT2D eigenvalue weighted by Crippen LogP contribution is -2.11. The maximum absolute atomic E-state index is 5.56. The van der Waals surface area contributed by atoms with Crippen molar-refractivity contribution in [2.24, 2.45) is 0 Å². The van der Waals surface area contributed by atoms with Crippen molar-refractivity contribution in [3.05, 3.63) is 0 Å². The van der Waals surface area contributed by atoms with Gasteiger partial charge in [-0.25, -0.2) is 0 Å². The third-order valence-corrected chi connectivity index (χ3v) is 2.03. The van der Waals surface area contributed by atoms with Gasteiger partial charge in [0.05, 0.1) is 6.10 Å². The first-order chi connectivity index (χ1) is 5.35. The zero-order valence-corrected chi connectivity index (χ0v) is 8.36. The molecule has 0 amide bonds. The van der Waals surface area contributed by atoms with Crippen LogP contribution in [0.3, 0.4) is 0 Å². The Kier molecular flexibility index (Phi) is 15.5. The molecule has 0 aliphatic carbocycles. The van der Waals surface area contributed by atoms with Gasteiger partial charge in [0, 0.05) is 12.5 Å². The standard InChI is InChI=1S/C9H19ClO.Mg.2H/c1-3-9(11-4-2)7-5-6-8-10;;;/h9H,3-8H2,1-2H3;;;. The SMILES string of the molecule is CCOC(CC)CCCCCl.[MgH2]. The molecule has 0 aromatic heterocycles. The lowest BCUT2D eigenvalue weighted by Gasteiger charge is -2.13. The Morgan fingerprint density at radius 2 is 1.92 bits per heavy atom. The Morgan fingerprint density at radius 1 is 1.25 bits per heavy atom. The first-order valence-corrected chi connectivity index (χ1v) is 5.06. The fourth-order valence-corrected chi connectivity index (χ4v) is 1.30. The van der Waals surface area contributed by atoms with E-state index in [2.05, 4.69) is 6.92 Å². The largest absolute Gasteiger partial charge is 0.379 e. The molecular formula is C9H21ClMgO. The molecule has 0 fully saturated rings. The quantitative estimate of drug-likeness (QED) is 0.352. The van der Waals surface area contributed by atoms with Crippen molar-refractivity contribution in [1.29, 1.82) is 0 Å². The van der Waals surface area contributed by atoms with Gasteiger partial charge in [0.15, 0.2) is 0 Å². The van der Waals surface area contributed by atoms with Crippen molar-refractivity contribution in [2.75, 3.05) is 12.5 Å². The van der Waals surface area contributed by atoms with E-state index in [0.29, 0.717) is 6.10 Å². The average molecular weight is 205 g/mol. The maximum atomic E-state index is 5.56. The summed E-state index contributed by atoms with van der Waals surface area (Å²) in [5, 5.41) is 0. The summed E-state index contributed by atoms with van der Waals surface area (Å²) in [5.74, 6) is 0.780. The van der Waals surface area contributed by atoms with Crippen LogP contribution in [0.15, 0.2) is 0 Å². The molecule has 1 unspecified atom stereocenters. The second-order valence-corrected chi connectivity index (χ2v) is 3.05. The molecule has 3 heteroatoms. The van der Waals surface area contributed by atoms with Crippen LogP contribution in [0.1, 0.15) is 39.5 Å². The highest BCUT2D eigenvalue weighted by Crippen LogP contribution is 2.08. The summed E-state index contributed by atoms with van der Waals surface area (Å²) in [7, 11) is 0. The van der Waals surface area contributed by atoms with Crippen LogP contribution in [-0.4, -0.2) is 41.6 Å². The Hall–Kier alpha value is 1.02. The third-order valence-electron chi connectivity index (χ3n) is 1.77. The zero-order chi connectivity index (χ0) is 8.53. The first-order valence-electron chi connectivity index (χ1n) is 4.52. The lowest BCUT2D eigenvalue weighted by atomic mass is 10.1. The van der Waals surface area contributed by atoms with Crippen LogP contribution in [0, 0.1) is 0 Å². The third kappa shape index (κ3) is 9.11. The Morgan fingerprint density at radius 3 is 2.33 bits per heavy atom. The Labute approximate surface area is 97.3 Å². The number of unbranched alkanes of at least 4 members (excludes halogenated alkanes) is 1. The van der Waals surface area contributed by atoms with Crippen molar-refractivity contribution in [2.45, 2.75) is 45.6 Å². The van der Waals surface area contributed by atoms with E-state index < -0.39 is 0 Å². The average Bonchev–Trinajstić information content (AvgIpc) is 2.03. The van der Waals surface area contributed by atoms with E-state index in [1.807, 2.05) is 6.92 Å². The molecule has 0 heterocycles. The monoisotopic (exact) mass is 204 g/mol. The molecule has 0 aromatic carbocycles. The number of alkyl halides is 1. The summed E-state index contributed by atoms with van der Waals surface area (Å²) in [6.45, 7) is 5.05. The molecule has 0 saturated carbocycles. The minimum absolute atomic E-state index is 0. The highest BCUT2D eigenvalue weighted by atomic mass is 35.5.